The van der Waals surface area contributed by atoms with Crippen LogP contribution in [0.3, 0.4) is 0 Å². The predicted octanol–water partition coefficient (Wildman–Crippen LogP) is 3.93. The molecule has 3 aromatic heterocycles. The van der Waals surface area contributed by atoms with Crippen molar-refractivity contribution < 1.29 is 9.21 Å². The molecule has 9 heteroatoms. The number of fused-ring (bicyclic) bond motifs is 1. The Bertz CT molecular complexity index is 1180. The Labute approximate surface area is 174 Å². The summed E-state index contributed by atoms with van der Waals surface area (Å²) in [4.78, 5) is 32.4. The number of hydrogen-bond acceptors (Lipinski definition) is 7. The van der Waals surface area contributed by atoms with E-state index in [4.69, 9.17) is 9.40 Å². The molecule has 1 atom stereocenters. The van der Waals surface area contributed by atoms with Gasteiger partial charge in [-0.2, -0.15) is 4.68 Å². The second-order valence-electron chi connectivity index (χ2n) is 6.89. The van der Waals surface area contributed by atoms with Gasteiger partial charge in [-0.1, -0.05) is 18.2 Å². The number of rotatable bonds is 5. The van der Waals surface area contributed by atoms with Crippen molar-refractivity contribution >= 4 is 38.8 Å². The Kier molecular flexibility index (Phi) is 4.76. The zero-order valence-electron chi connectivity index (χ0n) is 15.5. The van der Waals surface area contributed by atoms with Crippen molar-refractivity contribution in [3.63, 3.8) is 0 Å². The number of hydrogen-bond donors (Lipinski definition) is 0. The maximum Gasteiger partial charge on any atom is 0.437 e. The first-order chi connectivity index (χ1) is 14.2. The maximum absolute atomic E-state index is 12.9. The lowest BCUT2D eigenvalue weighted by molar-refractivity contribution is -0.132. The third kappa shape index (κ3) is 3.51. The fourth-order valence-corrected chi connectivity index (χ4v) is 5.41. The van der Waals surface area contributed by atoms with Gasteiger partial charge >= 0.3 is 5.76 Å². The molecule has 7 nitrogen and oxygen atoms in total. The van der Waals surface area contributed by atoms with Crippen LogP contribution in [0.1, 0.15) is 30.3 Å². The standard InChI is InChI=1S/C20H18N4O3S2/c25-17(9-11-24-20(26)27-18(22-24)16-8-4-12-28-16)23-10-3-6-14(23)19-21-13-5-1-2-7-15(13)29-19/h1-2,4-5,7-8,12,14H,3,6,9-11H2/t14-/m1/s1. The molecular formula is C20H18N4O3S2. The summed E-state index contributed by atoms with van der Waals surface area (Å²) in [6.45, 7) is 0.920. The summed E-state index contributed by atoms with van der Waals surface area (Å²) in [7, 11) is 0. The van der Waals surface area contributed by atoms with Gasteiger partial charge in [0.1, 0.15) is 5.01 Å². The van der Waals surface area contributed by atoms with Gasteiger partial charge in [0.05, 0.1) is 27.7 Å². The fraction of sp³-hybridized carbons (Fsp3) is 0.300. The van der Waals surface area contributed by atoms with Gasteiger partial charge in [-0.25, -0.2) is 9.78 Å². The Morgan fingerprint density at radius 1 is 1.24 bits per heavy atom. The van der Waals surface area contributed by atoms with Crippen molar-refractivity contribution in [2.45, 2.75) is 31.8 Å². The minimum atomic E-state index is -0.537. The number of aryl methyl sites for hydroxylation is 1. The van der Waals surface area contributed by atoms with E-state index in [1.807, 2.05) is 40.6 Å². The van der Waals surface area contributed by atoms with Gasteiger partial charge in [0.2, 0.25) is 5.91 Å². The molecule has 0 radical (unpaired) electrons. The number of thiazole rings is 1. The normalized spacial score (nSPS) is 16.7. The summed E-state index contributed by atoms with van der Waals surface area (Å²) in [5.74, 6) is -0.226. The fourth-order valence-electron chi connectivity index (χ4n) is 3.65. The molecule has 148 valence electrons. The van der Waals surface area contributed by atoms with Crippen molar-refractivity contribution in [2.24, 2.45) is 0 Å². The van der Waals surface area contributed by atoms with Crippen LogP contribution in [0.15, 0.2) is 51.0 Å². The highest BCUT2D eigenvalue weighted by Crippen LogP contribution is 2.36. The average Bonchev–Trinajstić information content (AvgIpc) is 3.51. The summed E-state index contributed by atoms with van der Waals surface area (Å²) in [6, 6.07) is 11.8. The van der Waals surface area contributed by atoms with Crippen molar-refractivity contribution in [3.05, 3.63) is 57.3 Å². The zero-order chi connectivity index (χ0) is 19.8. The molecule has 0 bridgehead atoms. The third-order valence-electron chi connectivity index (χ3n) is 5.04. The quantitative estimate of drug-likeness (QED) is 0.483. The molecule has 29 heavy (non-hydrogen) atoms. The van der Waals surface area contributed by atoms with Crippen molar-refractivity contribution in [3.8, 4) is 10.8 Å². The maximum atomic E-state index is 12.9. The summed E-state index contributed by atoms with van der Waals surface area (Å²) >= 11 is 3.10. The lowest BCUT2D eigenvalue weighted by atomic mass is 10.2. The topological polar surface area (TPSA) is 81.2 Å². The number of carbonyl (C=O) groups excluding carboxylic acids is 1. The number of nitrogens with zero attached hydrogens (tertiary/aromatic N) is 4. The van der Waals surface area contributed by atoms with Crippen molar-refractivity contribution in [2.75, 3.05) is 6.54 Å². The van der Waals surface area contributed by atoms with Gasteiger partial charge in [0.15, 0.2) is 0 Å². The number of carbonyl (C=O) groups is 1. The number of amides is 1. The Morgan fingerprint density at radius 2 is 2.14 bits per heavy atom. The average molecular weight is 427 g/mol. The van der Waals surface area contributed by atoms with Crippen LogP contribution >= 0.6 is 22.7 Å². The van der Waals surface area contributed by atoms with E-state index < -0.39 is 5.76 Å². The third-order valence-corrected chi connectivity index (χ3v) is 7.04. The summed E-state index contributed by atoms with van der Waals surface area (Å²) < 4.78 is 7.58. The smallest absolute Gasteiger partial charge is 0.387 e. The molecule has 1 amide bonds. The molecule has 5 rings (SSSR count). The van der Waals surface area contributed by atoms with Crippen LogP contribution in [0.5, 0.6) is 0 Å². The highest BCUT2D eigenvalue weighted by molar-refractivity contribution is 7.18. The highest BCUT2D eigenvalue weighted by atomic mass is 32.1. The molecule has 4 aromatic rings. The zero-order valence-corrected chi connectivity index (χ0v) is 17.1. The second kappa shape index (κ2) is 7.57. The van der Waals surface area contributed by atoms with Gasteiger partial charge in [-0.15, -0.1) is 27.8 Å². The SMILES string of the molecule is O=C(CCn1nc(-c2cccs2)oc1=O)N1CCC[C@@H]1c1nc2ccccc2s1. The van der Waals surface area contributed by atoms with Gasteiger partial charge in [0, 0.05) is 13.0 Å². The monoisotopic (exact) mass is 426 g/mol. The van der Waals surface area contributed by atoms with Crippen molar-refractivity contribution in [1.29, 1.82) is 0 Å². The van der Waals surface area contributed by atoms with Crippen LogP contribution in [0.25, 0.3) is 21.0 Å². The van der Waals surface area contributed by atoms with E-state index in [-0.39, 0.29) is 24.9 Å². The lowest BCUT2D eigenvalue weighted by Gasteiger charge is -2.23. The number of aromatic nitrogens is 3. The van der Waals surface area contributed by atoms with Crippen LogP contribution in [0, 0.1) is 0 Å². The Balaban J connectivity index is 1.30. The van der Waals surface area contributed by atoms with Crippen LogP contribution in [0.2, 0.25) is 0 Å². The second-order valence-corrected chi connectivity index (χ2v) is 8.90. The predicted molar refractivity (Wildman–Crippen MR) is 112 cm³/mol. The van der Waals surface area contributed by atoms with E-state index in [0.717, 1.165) is 32.9 Å². The van der Waals surface area contributed by atoms with E-state index in [9.17, 15) is 9.59 Å². The number of likely N-dealkylation sites (tertiary alicyclic amines) is 1. The molecule has 0 N–H and O–H groups in total. The number of thiophene rings is 1. The minimum Gasteiger partial charge on any atom is -0.387 e. The van der Waals surface area contributed by atoms with Crippen molar-refractivity contribution in [1.82, 2.24) is 19.7 Å². The van der Waals surface area contributed by atoms with Gasteiger partial charge in [-0.3, -0.25) is 4.79 Å². The first-order valence-corrected chi connectivity index (χ1v) is 11.2. The molecule has 0 saturated carbocycles. The Morgan fingerprint density at radius 3 is 2.97 bits per heavy atom. The largest absolute Gasteiger partial charge is 0.437 e. The van der Waals surface area contributed by atoms with E-state index in [0.29, 0.717) is 12.4 Å². The van der Waals surface area contributed by atoms with Crippen LogP contribution in [-0.2, 0) is 11.3 Å². The van der Waals surface area contributed by atoms with Crippen LogP contribution in [0.4, 0.5) is 0 Å². The molecule has 0 unspecified atom stereocenters. The molecule has 1 fully saturated rings. The molecular weight excluding hydrogens is 408 g/mol. The number of benzene rings is 1. The Hall–Kier alpha value is -2.78. The van der Waals surface area contributed by atoms with E-state index in [1.54, 1.807) is 11.3 Å². The van der Waals surface area contributed by atoms with Gasteiger partial charge in [-0.05, 0) is 36.4 Å². The highest BCUT2D eigenvalue weighted by Gasteiger charge is 2.32. The molecule has 4 heterocycles. The molecule has 1 saturated heterocycles. The summed E-state index contributed by atoms with van der Waals surface area (Å²) in [6.07, 6.45) is 2.08. The number of para-hydroxylation sites is 1. The van der Waals surface area contributed by atoms with Gasteiger partial charge in [0.25, 0.3) is 5.89 Å². The van der Waals surface area contributed by atoms with Crippen LogP contribution in [-0.4, -0.2) is 32.1 Å². The van der Waals surface area contributed by atoms with Crippen LogP contribution < -0.4 is 5.76 Å². The molecule has 0 aliphatic carbocycles. The summed E-state index contributed by atoms with van der Waals surface area (Å²) in [5, 5.41) is 7.10. The molecule has 0 spiro atoms. The van der Waals surface area contributed by atoms with E-state index in [2.05, 4.69) is 11.2 Å². The first kappa shape index (κ1) is 18.3. The molecule has 1 aliphatic rings. The van der Waals surface area contributed by atoms with E-state index >= 15 is 0 Å². The lowest BCUT2D eigenvalue weighted by Crippen LogP contribution is -2.32. The summed E-state index contributed by atoms with van der Waals surface area (Å²) in [5.41, 5.74) is 0.974. The molecule has 1 aromatic carbocycles. The molecule has 1 aliphatic heterocycles. The van der Waals surface area contributed by atoms with Gasteiger partial charge < -0.3 is 9.32 Å². The minimum absolute atomic E-state index is 0.00982. The van der Waals surface area contributed by atoms with E-state index in [1.165, 1.54) is 16.0 Å². The first-order valence-electron chi connectivity index (χ1n) is 9.46.